The maximum atomic E-state index is 12.5. The van der Waals surface area contributed by atoms with Crippen LogP contribution in [0, 0.1) is 0 Å². The summed E-state index contributed by atoms with van der Waals surface area (Å²) in [6.07, 6.45) is 2.36. The third-order valence-electron chi connectivity index (χ3n) is 4.82. The number of benzene rings is 1. The van der Waals surface area contributed by atoms with Crippen LogP contribution in [0.2, 0.25) is 0 Å². The predicted octanol–water partition coefficient (Wildman–Crippen LogP) is 2.87. The van der Waals surface area contributed by atoms with E-state index < -0.39 is 0 Å². The number of nitrogens with zero attached hydrogens (tertiary/aromatic N) is 3. The van der Waals surface area contributed by atoms with Crippen LogP contribution in [0.5, 0.6) is 0 Å². The van der Waals surface area contributed by atoms with E-state index in [4.69, 9.17) is 4.74 Å². The highest BCUT2D eigenvalue weighted by Gasteiger charge is 2.46. The average molecular weight is 353 g/mol. The van der Waals surface area contributed by atoms with Gasteiger partial charge in [0.1, 0.15) is 5.39 Å². The van der Waals surface area contributed by atoms with Crippen molar-refractivity contribution in [2.45, 2.75) is 51.4 Å². The lowest BCUT2D eigenvalue weighted by Gasteiger charge is -2.27. The molecule has 1 atom stereocenters. The van der Waals surface area contributed by atoms with Crippen molar-refractivity contribution in [2.75, 3.05) is 5.32 Å². The zero-order chi connectivity index (χ0) is 18.5. The molecule has 2 aromatic heterocycles. The van der Waals surface area contributed by atoms with Gasteiger partial charge < -0.3 is 10.1 Å². The molecule has 0 spiro atoms. The van der Waals surface area contributed by atoms with Crippen LogP contribution in [0.3, 0.4) is 0 Å². The van der Waals surface area contributed by atoms with Crippen LogP contribution in [0.4, 0.5) is 5.95 Å². The maximum absolute atomic E-state index is 12.5. The molecule has 7 nitrogen and oxygen atoms in total. The molecule has 1 saturated heterocycles. The van der Waals surface area contributed by atoms with Gasteiger partial charge in [-0.15, -0.1) is 0 Å². The quantitative estimate of drug-likeness (QED) is 0.756. The van der Waals surface area contributed by atoms with Gasteiger partial charge in [0, 0.05) is 0 Å². The zero-order valence-electron chi connectivity index (χ0n) is 15.4. The minimum Gasteiger partial charge on any atom is -0.367 e. The number of aromatic amines is 1. The Morgan fingerprint density at radius 1 is 1.23 bits per heavy atom. The van der Waals surface area contributed by atoms with Gasteiger partial charge in [-0.2, -0.15) is 10.1 Å². The van der Waals surface area contributed by atoms with Crippen LogP contribution in [-0.2, 0) is 4.74 Å². The van der Waals surface area contributed by atoms with E-state index >= 15 is 0 Å². The maximum Gasteiger partial charge on any atom is 0.263 e. The smallest absolute Gasteiger partial charge is 0.263 e. The van der Waals surface area contributed by atoms with Crippen LogP contribution in [0.15, 0.2) is 41.3 Å². The summed E-state index contributed by atoms with van der Waals surface area (Å²) in [6.45, 7) is 8.23. The second kappa shape index (κ2) is 5.67. The predicted molar refractivity (Wildman–Crippen MR) is 101 cm³/mol. The zero-order valence-corrected chi connectivity index (χ0v) is 15.4. The SMILES string of the molecule is CC1(C)CC(Nc2nc3c(cnn3-c3ccccc3)c(=O)[nH]2)C(C)(C)O1. The van der Waals surface area contributed by atoms with Crippen LogP contribution < -0.4 is 10.9 Å². The number of anilines is 1. The molecule has 0 aliphatic carbocycles. The molecule has 0 bridgehead atoms. The van der Waals surface area contributed by atoms with E-state index in [0.717, 1.165) is 12.1 Å². The van der Waals surface area contributed by atoms with E-state index in [2.05, 4.69) is 34.2 Å². The fourth-order valence-electron chi connectivity index (χ4n) is 3.70. The monoisotopic (exact) mass is 353 g/mol. The van der Waals surface area contributed by atoms with E-state index in [1.165, 1.54) is 0 Å². The number of H-pyrrole nitrogens is 1. The largest absolute Gasteiger partial charge is 0.367 e. The summed E-state index contributed by atoms with van der Waals surface area (Å²) in [5.74, 6) is 0.430. The van der Waals surface area contributed by atoms with Crippen LogP contribution in [0.25, 0.3) is 16.7 Å². The molecule has 1 fully saturated rings. The normalized spacial score (nSPS) is 21.2. The van der Waals surface area contributed by atoms with Gasteiger partial charge in [-0.25, -0.2) is 4.68 Å². The van der Waals surface area contributed by atoms with Gasteiger partial charge in [-0.3, -0.25) is 9.78 Å². The third kappa shape index (κ3) is 2.88. The van der Waals surface area contributed by atoms with Gasteiger partial charge >= 0.3 is 0 Å². The fourth-order valence-corrected chi connectivity index (χ4v) is 3.70. The lowest BCUT2D eigenvalue weighted by molar-refractivity contribution is -0.0663. The first-order valence-electron chi connectivity index (χ1n) is 8.75. The van der Waals surface area contributed by atoms with Gasteiger partial charge in [0.2, 0.25) is 5.95 Å². The molecule has 1 unspecified atom stereocenters. The first kappa shape index (κ1) is 16.8. The van der Waals surface area contributed by atoms with Crippen molar-refractivity contribution in [3.05, 3.63) is 46.9 Å². The molecule has 136 valence electrons. The van der Waals surface area contributed by atoms with Gasteiger partial charge in [0.05, 0.1) is 29.1 Å². The van der Waals surface area contributed by atoms with Gasteiger partial charge in [0.25, 0.3) is 5.56 Å². The number of rotatable bonds is 3. The minimum atomic E-state index is -0.364. The van der Waals surface area contributed by atoms with Gasteiger partial charge in [-0.1, -0.05) is 18.2 Å². The first-order chi connectivity index (χ1) is 12.3. The number of hydrogen-bond donors (Lipinski definition) is 2. The summed E-state index contributed by atoms with van der Waals surface area (Å²) in [4.78, 5) is 19.9. The van der Waals surface area contributed by atoms with E-state index in [-0.39, 0.29) is 22.8 Å². The molecule has 1 aromatic carbocycles. The Morgan fingerprint density at radius 2 is 1.96 bits per heavy atom. The van der Waals surface area contributed by atoms with E-state index in [0.29, 0.717) is 17.0 Å². The minimum absolute atomic E-state index is 0.0335. The Morgan fingerprint density at radius 3 is 2.62 bits per heavy atom. The summed E-state index contributed by atoms with van der Waals surface area (Å²) in [5.41, 5.74) is 0.583. The average Bonchev–Trinajstić information content (AvgIpc) is 3.06. The summed E-state index contributed by atoms with van der Waals surface area (Å²) < 4.78 is 7.79. The second-order valence-electron chi connectivity index (χ2n) is 7.91. The van der Waals surface area contributed by atoms with Gasteiger partial charge in [-0.05, 0) is 46.2 Å². The Kier molecular flexibility index (Phi) is 3.66. The van der Waals surface area contributed by atoms with E-state index in [9.17, 15) is 4.79 Å². The number of nitrogens with one attached hydrogen (secondary N) is 2. The molecular formula is C19H23N5O2. The highest BCUT2D eigenvalue weighted by atomic mass is 16.5. The molecule has 0 radical (unpaired) electrons. The molecule has 3 heterocycles. The number of fused-ring (bicyclic) bond motifs is 1. The van der Waals surface area contributed by atoms with Crippen molar-refractivity contribution in [3.8, 4) is 5.69 Å². The van der Waals surface area contributed by atoms with Crippen LogP contribution >= 0.6 is 0 Å². The lowest BCUT2D eigenvalue weighted by Crippen LogP contribution is -2.39. The van der Waals surface area contributed by atoms with Crippen molar-refractivity contribution in [2.24, 2.45) is 0 Å². The molecule has 7 heteroatoms. The van der Waals surface area contributed by atoms with Crippen LogP contribution in [-0.4, -0.2) is 37.0 Å². The number of aromatic nitrogens is 4. The van der Waals surface area contributed by atoms with Crippen LogP contribution in [0.1, 0.15) is 34.1 Å². The van der Waals surface area contributed by atoms with Gasteiger partial charge in [0.15, 0.2) is 5.65 Å². The molecule has 2 N–H and O–H groups in total. The second-order valence-corrected chi connectivity index (χ2v) is 7.91. The van der Waals surface area contributed by atoms with Crippen molar-refractivity contribution in [1.29, 1.82) is 0 Å². The fraction of sp³-hybridized carbons (Fsp3) is 0.421. The molecule has 1 aliphatic rings. The molecular weight excluding hydrogens is 330 g/mol. The Labute approximate surface area is 151 Å². The lowest BCUT2D eigenvalue weighted by atomic mass is 9.95. The first-order valence-corrected chi connectivity index (χ1v) is 8.75. The van der Waals surface area contributed by atoms with Crippen molar-refractivity contribution in [3.63, 3.8) is 0 Å². The van der Waals surface area contributed by atoms with Crippen molar-refractivity contribution < 1.29 is 4.74 Å². The van der Waals surface area contributed by atoms with Crippen molar-refractivity contribution >= 4 is 17.0 Å². The molecule has 26 heavy (non-hydrogen) atoms. The number of para-hydroxylation sites is 1. The molecule has 1 aliphatic heterocycles. The number of hydrogen-bond acceptors (Lipinski definition) is 5. The molecule has 0 amide bonds. The summed E-state index contributed by atoms with van der Waals surface area (Å²) >= 11 is 0. The number of ether oxygens (including phenoxy) is 1. The Balaban J connectivity index is 1.74. The highest BCUT2D eigenvalue weighted by Crippen LogP contribution is 2.38. The topological polar surface area (TPSA) is 84.8 Å². The van der Waals surface area contributed by atoms with E-state index in [1.54, 1.807) is 10.9 Å². The molecule has 3 aromatic rings. The summed E-state index contributed by atoms with van der Waals surface area (Å²) in [7, 11) is 0. The highest BCUT2D eigenvalue weighted by molar-refractivity contribution is 5.76. The molecule has 0 saturated carbocycles. The third-order valence-corrected chi connectivity index (χ3v) is 4.82. The molecule has 4 rings (SSSR count). The van der Waals surface area contributed by atoms with Crippen molar-refractivity contribution in [1.82, 2.24) is 19.7 Å². The summed E-state index contributed by atoms with van der Waals surface area (Å²) in [6, 6.07) is 9.68. The Hall–Kier alpha value is -2.67. The van der Waals surface area contributed by atoms with E-state index in [1.807, 2.05) is 44.2 Å². The standard InChI is InChI=1S/C19H23N5O2/c1-18(2)10-14(19(3,4)26-18)21-17-22-15-13(16(25)23-17)11-20-24(15)12-8-6-5-7-9-12/h5-9,11,14H,10H2,1-4H3,(H2,21,22,23,25). The Bertz CT molecular complexity index is 1000. The summed E-state index contributed by atoms with van der Waals surface area (Å²) in [5, 5.41) is 8.15.